The fourth-order valence-corrected chi connectivity index (χ4v) is 19.0. The first-order valence-corrected chi connectivity index (χ1v) is 34.6. The van der Waals surface area contributed by atoms with Crippen LogP contribution in [0.4, 0.5) is 0 Å². The SMILES string of the molecule is C[Si](C)(C)C1=CC([Si](C)(C)C)=C([Si](C)(C)C)C1.C[Si](C)(C)C1=CC([Si](C)(C)C)=C([Si](C)(C)C)C1.[CH3-].[CH3-].[Ti+2]. The monoisotopic (exact) mass is 642 g/mol. The van der Waals surface area contributed by atoms with E-state index in [-0.39, 0.29) is 36.6 Å². The van der Waals surface area contributed by atoms with Crippen LogP contribution < -0.4 is 0 Å². The quantitative estimate of drug-likeness (QED) is 0.200. The number of allylic oxidation sites excluding steroid dienone is 8. The Morgan fingerprint density at radius 2 is 0.595 bits per heavy atom. The molecule has 0 aliphatic heterocycles. The van der Waals surface area contributed by atoms with Gasteiger partial charge in [-0.1, -0.05) is 161 Å². The summed E-state index contributed by atoms with van der Waals surface area (Å²) in [5, 5.41) is 10.9. The van der Waals surface area contributed by atoms with Gasteiger partial charge in [0.1, 0.15) is 0 Å². The summed E-state index contributed by atoms with van der Waals surface area (Å²) in [5.41, 5.74) is 0. The van der Waals surface area contributed by atoms with E-state index in [4.69, 9.17) is 0 Å². The molecule has 0 atom stereocenters. The molecule has 0 nitrogen and oxygen atoms in total. The molecule has 0 N–H and O–H groups in total. The summed E-state index contributed by atoms with van der Waals surface area (Å²) in [5.74, 6) is 0. The molecule has 0 heterocycles. The van der Waals surface area contributed by atoms with Crippen molar-refractivity contribution in [1.29, 1.82) is 0 Å². The molecule has 37 heavy (non-hydrogen) atoms. The van der Waals surface area contributed by atoms with Gasteiger partial charge in [-0.3, -0.25) is 0 Å². The van der Waals surface area contributed by atoms with Crippen LogP contribution in [0.2, 0.25) is 118 Å². The van der Waals surface area contributed by atoms with Crippen molar-refractivity contribution in [2.24, 2.45) is 0 Å². The van der Waals surface area contributed by atoms with Crippen LogP contribution in [0.15, 0.2) is 43.3 Å². The van der Waals surface area contributed by atoms with Gasteiger partial charge in [0, 0.05) is 0 Å². The second-order valence-corrected chi connectivity index (χ2v) is 47.5. The van der Waals surface area contributed by atoms with Crippen LogP contribution in [0.3, 0.4) is 0 Å². The smallest absolute Gasteiger partial charge is 0.358 e. The van der Waals surface area contributed by atoms with E-state index >= 15 is 0 Å². The zero-order valence-corrected chi connectivity index (χ0v) is 36.6. The molecule has 2 aliphatic rings. The van der Waals surface area contributed by atoms with Gasteiger partial charge in [-0.15, -0.1) is 0 Å². The van der Waals surface area contributed by atoms with Gasteiger partial charge < -0.3 is 14.9 Å². The van der Waals surface area contributed by atoms with Crippen molar-refractivity contribution in [2.75, 3.05) is 0 Å². The van der Waals surface area contributed by atoms with Crippen molar-refractivity contribution in [3.8, 4) is 0 Å². The third-order valence-electron chi connectivity index (χ3n) is 7.38. The zero-order valence-electron chi connectivity index (χ0n) is 29.1. The van der Waals surface area contributed by atoms with Crippen LogP contribution in [-0.2, 0) is 21.7 Å². The predicted octanol–water partition coefficient (Wildman–Crippen LogP) is 11.4. The van der Waals surface area contributed by atoms with E-state index in [1.807, 2.05) is 10.4 Å². The third kappa shape index (κ3) is 12.2. The summed E-state index contributed by atoms with van der Waals surface area (Å²) in [6, 6.07) is 0. The van der Waals surface area contributed by atoms with Gasteiger partial charge in [0.05, 0.1) is 48.4 Å². The topological polar surface area (TPSA) is 0 Å². The van der Waals surface area contributed by atoms with Gasteiger partial charge in [0.25, 0.3) is 0 Å². The maximum atomic E-state index is 2.63. The van der Waals surface area contributed by atoms with Crippen molar-refractivity contribution >= 4 is 48.4 Å². The molecule has 0 unspecified atom stereocenters. The number of hydrogen-bond donors (Lipinski definition) is 0. The Kier molecular flexibility index (Phi) is 15.8. The van der Waals surface area contributed by atoms with E-state index in [0.29, 0.717) is 0 Å². The van der Waals surface area contributed by atoms with E-state index in [9.17, 15) is 0 Å². The van der Waals surface area contributed by atoms with Crippen molar-refractivity contribution in [3.05, 3.63) is 58.2 Å². The summed E-state index contributed by atoms with van der Waals surface area (Å²) in [6.07, 6.45) is 7.91. The molecule has 0 amide bonds. The van der Waals surface area contributed by atoms with Crippen LogP contribution in [0, 0.1) is 14.9 Å². The summed E-state index contributed by atoms with van der Waals surface area (Å²) < 4.78 is 0. The van der Waals surface area contributed by atoms with Crippen molar-refractivity contribution in [2.45, 2.75) is 131 Å². The molecular weight excluding hydrogens is 577 g/mol. The van der Waals surface area contributed by atoms with Crippen LogP contribution in [0.25, 0.3) is 0 Å². The van der Waals surface area contributed by atoms with Crippen LogP contribution in [0.1, 0.15) is 12.8 Å². The minimum atomic E-state index is -1.16. The Balaban J connectivity index is -0.000000578. The molecule has 2 aliphatic carbocycles. The minimum Gasteiger partial charge on any atom is -0.358 e. The maximum absolute atomic E-state index is 2.63. The molecule has 0 saturated heterocycles. The molecule has 0 radical (unpaired) electrons. The molecule has 2 rings (SSSR count). The maximum Gasteiger partial charge on any atom is 2.00 e. The molecule has 0 aromatic carbocycles. The molecule has 0 aromatic rings. The van der Waals surface area contributed by atoms with E-state index in [0.717, 1.165) is 0 Å². The molecule has 0 spiro atoms. The summed E-state index contributed by atoms with van der Waals surface area (Å²) in [6.45, 7) is 45.1. The number of hydrogen-bond acceptors (Lipinski definition) is 0. The summed E-state index contributed by atoms with van der Waals surface area (Å²) in [7, 11) is -6.78. The second-order valence-electron chi connectivity index (χ2n) is 17.0. The molecule has 0 bridgehead atoms. The fraction of sp³-hybridized carbons (Fsp3) is 0.667. The Hall–Kier alpha value is 0.976. The van der Waals surface area contributed by atoms with Crippen LogP contribution >= 0.6 is 0 Å². The average molecular weight is 643 g/mol. The van der Waals surface area contributed by atoms with E-state index in [1.165, 1.54) is 12.8 Å². The molecule has 7 heteroatoms. The van der Waals surface area contributed by atoms with Gasteiger partial charge in [0.15, 0.2) is 0 Å². The largest absolute Gasteiger partial charge is 2.00 e. The molecule has 0 saturated carbocycles. The van der Waals surface area contributed by atoms with E-state index in [2.05, 4.69) is 130 Å². The first-order chi connectivity index (χ1) is 14.7. The van der Waals surface area contributed by atoms with Gasteiger partial charge in [-0.2, -0.15) is 0 Å². The van der Waals surface area contributed by atoms with Crippen molar-refractivity contribution < 1.29 is 21.7 Å². The van der Waals surface area contributed by atoms with Crippen molar-refractivity contribution in [1.82, 2.24) is 0 Å². The summed E-state index contributed by atoms with van der Waals surface area (Å²) in [4.78, 5) is 0. The van der Waals surface area contributed by atoms with Gasteiger partial charge >= 0.3 is 21.7 Å². The zero-order chi connectivity index (χ0) is 27.3. The first kappa shape index (κ1) is 42.4. The normalized spacial score (nSPS) is 17.2. The van der Waals surface area contributed by atoms with Crippen LogP contribution in [0.5, 0.6) is 0 Å². The van der Waals surface area contributed by atoms with Gasteiger partial charge in [-0.25, -0.2) is 0 Å². The van der Waals surface area contributed by atoms with Crippen LogP contribution in [-0.4, -0.2) is 48.4 Å². The first-order valence-electron chi connectivity index (χ1n) is 13.6. The number of rotatable bonds is 6. The van der Waals surface area contributed by atoms with Gasteiger partial charge in [-0.05, 0) is 12.8 Å². The van der Waals surface area contributed by atoms with Crippen molar-refractivity contribution in [3.63, 3.8) is 0 Å². The molecular formula is C30H66Si6Ti. The van der Waals surface area contributed by atoms with E-state index < -0.39 is 48.4 Å². The Morgan fingerprint density at radius 3 is 0.703 bits per heavy atom. The Morgan fingerprint density at radius 1 is 0.378 bits per heavy atom. The average Bonchev–Trinajstić information content (AvgIpc) is 3.18. The fourth-order valence-electron chi connectivity index (χ4n) is 4.84. The molecule has 214 valence electrons. The van der Waals surface area contributed by atoms with E-state index in [1.54, 1.807) is 20.8 Å². The van der Waals surface area contributed by atoms with Gasteiger partial charge in [0.2, 0.25) is 0 Å². The third-order valence-corrected chi connectivity index (χ3v) is 21.0. The standard InChI is InChI=1S/2C14H30Si3.2CH3.Ti/c2*1-15(2,3)12-10-13(16(4,5)6)14(11-12)17(7,8)9;;;/h2*10H,11H2,1-9H3;2*1H3;/q;;2*-1;+2. The molecule has 0 fully saturated rings. The predicted molar refractivity (Wildman–Crippen MR) is 192 cm³/mol. The molecule has 0 aromatic heterocycles. The Bertz CT molecular complexity index is 819. The Labute approximate surface area is 257 Å². The minimum absolute atomic E-state index is 0. The summed E-state index contributed by atoms with van der Waals surface area (Å²) >= 11 is 0. The second kappa shape index (κ2) is 13.8.